The number of carbonyl (C=O) groups is 1. The minimum atomic E-state index is -0.371. The molecule has 0 aliphatic carbocycles. The first-order valence-corrected chi connectivity index (χ1v) is 6.47. The van der Waals surface area contributed by atoms with Crippen LogP contribution in [0.15, 0.2) is 0 Å². The molecule has 0 radical (unpaired) electrons. The molecule has 6 heteroatoms. The smallest absolute Gasteiger partial charge is 0.239 e. The average molecular weight is 280 g/mol. The van der Waals surface area contributed by atoms with Crippen molar-refractivity contribution in [2.24, 2.45) is 11.7 Å². The van der Waals surface area contributed by atoms with Crippen molar-refractivity contribution >= 4 is 18.3 Å². The fourth-order valence-corrected chi connectivity index (χ4v) is 2.04. The summed E-state index contributed by atoms with van der Waals surface area (Å²) in [6.07, 6.45) is 0.928. The zero-order valence-corrected chi connectivity index (χ0v) is 12.2. The maximum absolute atomic E-state index is 12.1. The average Bonchev–Trinajstić information content (AvgIpc) is 2.37. The summed E-state index contributed by atoms with van der Waals surface area (Å²) in [6.45, 7) is 8.06. The summed E-state index contributed by atoms with van der Waals surface area (Å²) < 4.78 is 0. The molecule has 2 unspecified atom stereocenters. The standard InChI is InChI=1S/C12H25N3O2.ClH/c1-3-10(2)11(13)12(17)15-6-4-14(5-7-15)8-9-16;/h10-11,16H,3-9,13H2,1-2H3;1H. The number of β-amino-alcohol motifs (C(OH)–C–C–N with tert-alkyl or cyclic N) is 1. The van der Waals surface area contributed by atoms with E-state index in [0.717, 1.165) is 32.6 Å². The zero-order chi connectivity index (χ0) is 12.8. The van der Waals surface area contributed by atoms with Crippen LogP contribution in [0.25, 0.3) is 0 Å². The number of nitrogens with two attached hydrogens (primary N) is 1. The van der Waals surface area contributed by atoms with E-state index in [-0.39, 0.29) is 36.9 Å². The number of halogens is 1. The lowest BCUT2D eigenvalue weighted by molar-refractivity contribution is -0.135. The van der Waals surface area contributed by atoms with E-state index in [9.17, 15) is 4.79 Å². The fraction of sp³-hybridized carbons (Fsp3) is 0.917. The topological polar surface area (TPSA) is 69.8 Å². The maximum Gasteiger partial charge on any atom is 0.239 e. The second-order valence-corrected chi connectivity index (χ2v) is 4.80. The molecule has 0 bridgehead atoms. The normalized spacial score (nSPS) is 20.1. The molecule has 3 N–H and O–H groups in total. The first-order chi connectivity index (χ1) is 8.10. The largest absolute Gasteiger partial charge is 0.395 e. The van der Waals surface area contributed by atoms with Gasteiger partial charge in [-0.2, -0.15) is 0 Å². The van der Waals surface area contributed by atoms with Gasteiger partial charge in [0.25, 0.3) is 0 Å². The minimum Gasteiger partial charge on any atom is -0.395 e. The van der Waals surface area contributed by atoms with Crippen molar-refractivity contribution in [3.05, 3.63) is 0 Å². The SMILES string of the molecule is CCC(C)C(N)C(=O)N1CCN(CCO)CC1.Cl. The molecular formula is C12H26ClN3O2. The van der Waals surface area contributed by atoms with Crippen LogP contribution in [0.1, 0.15) is 20.3 Å². The Morgan fingerprint density at radius 3 is 2.33 bits per heavy atom. The summed E-state index contributed by atoms with van der Waals surface area (Å²) in [7, 11) is 0. The van der Waals surface area contributed by atoms with Crippen LogP contribution in [0, 0.1) is 5.92 Å². The van der Waals surface area contributed by atoms with E-state index in [1.807, 2.05) is 11.8 Å². The van der Waals surface area contributed by atoms with Gasteiger partial charge in [-0.15, -0.1) is 12.4 Å². The van der Waals surface area contributed by atoms with Crippen LogP contribution in [0.3, 0.4) is 0 Å². The van der Waals surface area contributed by atoms with Gasteiger partial charge in [-0.25, -0.2) is 0 Å². The minimum absolute atomic E-state index is 0. The van der Waals surface area contributed by atoms with Crippen molar-refractivity contribution in [3.8, 4) is 0 Å². The van der Waals surface area contributed by atoms with Crippen LogP contribution in [0.5, 0.6) is 0 Å². The van der Waals surface area contributed by atoms with E-state index in [1.54, 1.807) is 0 Å². The van der Waals surface area contributed by atoms with E-state index in [0.29, 0.717) is 6.54 Å². The first kappa shape index (κ1) is 17.6. The van der Waals surface area contributed by atoms with Gasteiger partial charge < -0.3 is 15.7 Å². The van der Waals surface area contributed by atoms with Crippen LogP contribution >= 0.6 is 12.4 Å². The third-order valence-electron chi connectivity index (χ3n) is 3.64. The lowest BCUT2D eigenvalue weighted by atomic mass is 9.98. The number of aliphatic hydroxyl groups excluding tert-OH is 1. The van der Waals surface area contributed by atoms with Crippen molar-refractivity contribution in [2.75, 3.05) is 39.3 Å². The molecule has 1 saturated heterocycles. The molecule has 1 heterocycles. The van der Waals surface area contributed by atoms with Crippen LogP contribution in [-0.4, -0.2) is 66.2 Å². The lowest BCUT2D eigenvalue weighted by Gasteiger charge is -2.36. The zero-order valence-electron chi connectivity index (χ0n) is 11.3. The van der Waals surface area contributed by atoms with E-state index in [2.05, 4.69) is 11.8 Å². The molecule has 18 heavy (non-hydrogen) atoms. The van der Waals surface area contributed by atoms with Crippen molar-refractivity contribution in [1.29, 1.82) is 0 Å². The lowest BCUT2D eigenvalue weighted by Crippen LogP contribution is -2.54. The summed E-state index contributed by atoms with van der Waals surface area (Å²) in [5.41, 5.74) is 5.95. The number of hydrogen-bond acceptors (Lipinski definition) is 4. The van der Waals surface area contributed by atoms with Crippen molar-refractivity contribution < 1.29 is 9.90 Å². The molecule has 0 aromatic heterocycles. The number of piperazine rings is 1. The van der Waals surface area contributed by atoms with Gasteiger partial charge in [0.05, 0.1) is 12.6 Å². The number of carbonyl (C=O) groups excluding carboxylic acids is 1. The predicted octanol–water partition coefficient (Wildman–Crippen LogP) is -0.0819. The van der Waals surface area contributed by atoms with E-state index in [4.69, 9.17) is 10.8 Å². The number of hydrogen-bond donors (Lipinski definition) is 2. The Labute approximate surface area is 116 Å². The van der Waals surface area contributed by atoms with Crippen molar-refractivity contribution in [2.45, 2.75) is 26.3 Å². The van der Waals surface area contributed by atoms with E-state index < -0.39 is 0 Å². The molecule has 5 nitrogen and oxygen atoms in total. The summed E-state index contributed by atoms with van der Waals surface area (Å²) in [4.78, 5) is 16.1. The Morgan fingerprint density at radius 2 is 1.89 bits per heavy atom. The Balaban J connectivity index is 0.00000289. The van der Waals surface area contributed by atoms with Gasteiger partial charge in [0.15, 0.2) is 0 Å². The predicted molar refractivity (Wildman–Crippen MR) is 74.8 cm³/mol. The van der Waals surface area contributed by atoms with E-state index >= 15 is 0 Å². The summed E-state index contributed by atoms with van der Waals surface area (Å²) in [6, 6.07) is -0.371. The van der Waals surface area contributed by atoms with Gasteiger partial charge in [0.1, 0.15) is 0 Å². The Kier molecular flexibility index (Phi) is 8.52. The highest BCUT2D eigenvalue weighted by atomic mass is 35.5. The molecule has 1 amide bonds. The molecule has 108 valence electrons. The molecule has 1 fully saturated rings. The third-order valence-corrected chi connectivity index (χ3v) is 3.64. The summed E-state index contributed by atoms with van der Waals surface area (Å²) in [5, 5.41) is 8.84. The van der Waals surface area contributed by atoms with Crippen LogP contribution in [0.4, 0.5) is 0 Å². The van der Waals surface area contributed by atoms with Crippen molar-refractivity contribution in [3.63, 3.8) is 0 Å². The highest BCUT2D eigenvalue weighted by Crippen LogP contribution is 2.10. The van der Waals surface area contributed by atoms with Gasteiger partial charge >= 0.3 is 0 Å². The second kappa shape index (κ2) is 8.69. The van der Waals surface area contributed by atoms with Crippen molar-refractivity contribution in [1.82, 2.24) is 9.80 Å². The maximum atomic E-state index is 12.1. The number of aliphatic hydroxyl groups is 1. The molecular weight excluding hydrogens is 254 g/mol. The molecule has 0 aromatic rings. The Bertz CT molecular complexity index is 245. The molecule has 2 atom stereocenters. The number of nitrogens with zero attached hydrogens (tertiary/aromatic N) is 2. The van der Waals surface area contributed by atoms with E-state index in [1.165, 1.54) is 0 Å². The van der Waals surface area contributed by atoms with Crippen LogP contribution in [0.2, 0.25) is 0 Å². The first-order valence-electron chi connectivity index (χ1n) is 6.47. The second-order valence-electron chi connectivity index (χ2n) is 4.80. The summed E-state index contributed by atoms with van der Waals surface area (Å²) in [5.74, 6) is 0.306. The fourth-order valence-electron chi connectivity index (χ4n) is 2.04. The van der Waals surface area contributed by atoms with Gasteiger partial charge in [0.2, 0.25) is 5.91 Å². The molecule has 0 saturated carbocycles. The Hall–Kier alpha value is -0.360. The van der Waals surface area contributed by atoms with Gasteiger partial charge in [-0.1, -0.05) is 20.3 Å². The number of amides is 1. The Morgan fingerprint density at radius 1 is 1.33 bits per heavy atom. The molecule has 0 spiro atoms. The van der Waals surface area contributed by atoms with Crippen LogP contribution in [-0.2, 0) is 4.79 Å². The molecule has 0 aromatic carbocycles. The monoisotopic (exact) mass is 279 g/mol. The van der Waals surface area contributed by atoms with Crippen LogP contribution < -0.4 is 5.73 Å². The van der Waals surface area contributed by atoms with Gasteiger partial charge in [-0.05, 0) is 5.92 Å². The highest BCUT2D eigenvalue weighted by molar-refractivity contribution is 5.85. The number of rotatable bonds is 5. The molecule has 1 aliphatic heterocycles. The highest BCUT2D eigenvalue weighted by Gasteiger charge is 2.27. The molecule has 1 rings (SSSR count). The molecule has 1 aliphatic rings. The van der Waals surface area contributed by atoms with Gasteiger partial charge in [-0.3, -0.25) is 9.69 Å². The summed E-state index contributed by atoms with van der Waals surface area (Å²) >= 11 is 0. The van der Waals surface area contributed by atoms with Gasteiger partial charge in [0, 0.05) is 32.7 Å². The third kappa shape index (κ3) is 4.72. The quantitative estimate of drug-likeness (QED) is 0.739.